The molecule has 1 aliphatic heterocycles. The predicted octanol–water partition coefficient (Wildman–Crippen LogP) is 2.89. The molecule has 0 saturated carbocycles. The van der Waals surface area contributed by atoms with E-state index in [0.29, 0.717) is 30.9 Å². The van der Waals surface area contributed by atoms with Crippen LogP contribution in [-0.4, -0.2) is 44.0 Å². The summed E-state index contributed by atoms with van der Waals surface area (Å²) in [7, 11) is -3.71. The summed E-state index contributed by atoms with van der Waals surface area (Å²) in [6.07, 6.45) is 2.81. The second kappa shape index (κ2) is 8.17. The summed E-state index contributed by atoms with van der Waals surface area (Å²) >= 11 is 0. The molecule has 1 fully saturated rings. The van der Waals surface area contributed by atoms with Crippen molar-refractivity contribution in [3.05, 3.63) is 47.7 Å². The largest absolute Gasteiger partial charge is 0.507 e. The van der Waals surface area contributed by atoms with Crippen LogP contribution in [0.3, 0.4) is 0 Å². The van der Waals surface area contributed by atoms with E-state index in [2.05, 4.69) is 9.71 Å². The minimum absolute atomic E-state index is 0.118. The number of aryl methyl sites for hydroxylation is 1. The smallest absolute Gasteiger partial charge is 0.240 e. The number of hydrogen-bond acceptors (Lipinski definition) is 7. The van der Waals surface area contributed by atoms with Gasteiger partial charge in [0.25, 0.3) is 0 Å². The Balaban J connectivity index is 1.96. The third-order valence-corrected chi connectivity index (χ3v) is 6.37. The number of aliphatic hydroxyl groups is 1. The maximum Gasteiger partial charge on any atom is 0.240 e. The molecule has 1 aliphatic rings. The van der Waals surface area contributed by atoms with Gasteiger partial charge in [-0.1, -0.05) is 13.0 Å². The lowest BCUT2D eigenvalue weighted by Crippen LogP contribution is -2.48. The van der Waals surface area contributed by atoms with Gasteiger partial charge in [0.15, 0.2) is 0 Å². The van der Waals surface area contributed by atoms with Crippen LogP contribution in [0.5, 0.6) is 0 Å². The molecule has 3 rings (SSSR count). The maximum absolute atomic E-state index is 12.8. The van der Waals surface area contributed by atoms with Gasteiger partial charge in [-0.15, -0.1) is 0 Å². The lowest BCUT2D eigenvalue weighted by molar-refractivity contribution is -0.0965. The second-order valence-corrected chi connectivity index (χ2v) is 9.74. The second-order valence-electron chi connectivity index (χ2n) is 7.97. The number of nitrogens with one attached hydrogen (secondary N) is 2. The third kappa shape index (κ3) is 4.69. The van der Waals surface area contributed by atoms with Gasteiger partial charge in [-0.3, -0.25) is 0 Å². The summed E-state index contributed by atoms with van der Waals surface area (Å²) in [6.45, 7) is 6.72. The summed E-state index contributed by atoms with van der Waals surface area (Å²) in [5.41, 5.74) is 8.25. The summed E-state index contributed by atoms with van der Waals surface area (Å²) in [5.74, 6) is -0.0544. The van der Waals surface area contributed by atoms with Crippen molar-refractivity contribution in [1.82, 2.24) is 9.71 Å². The zero-order valence-electron chi connectivity index (χ0n) is 17.2. The molecule has 0 amide bonds. The number of sulfonamides is 1. The van der Waals surface area contributed by atoms with Crippen molar-refractivity contribution in [3.8, 4) is 11.1 Å². The first-order chi connectivity index (χ1) is 14.0. The van der Waals surface area contributed by atoms with Crippen molar-refractivity contribution in [2.24, 2.45) is 5.41 Å². The lowest BCUT2D eigenvalue weighted by Gasteiger charge is -2.37. The summed E-state index contributed by atoms with van der Waals surface area (Å²) in [5, 5.41) is 17.8. The highest BCUT2D eigenvalue weighted by atomic mass is 32.2. The average molecular weight is 431 g/mol. The minimum Gasteiger partial charge on any atom is -0.507 e. The van der Waals surface area contributed by atoms with Crippen LogP contribution in [0.4, 0.5) is 5.82 Å². The van der Waals surface area contributed by atoms with E-state index in [-0.39, 0.29) is 33.2 Å². The maximum atomic E-state index is 12.8. The number of pyridine rings is 1. The van der Waals surface area contributed by atoms with Crippen molar-refractivity contribution in [2.75, 3.05) is 25.5 Å². The zero-order valence-corrected chi connectivity index (χ0v) is 18.0. The molecule has 1 aromatic carbocycles. The summed E-state index contributed by atoms with van der Waals surface area (Å²) in [4.78, 5) is 4.27. The van der Waals surface area contributed by atoms with Gasteiger partial charge in [0, 0.05) is 35.5 Å². The Bertz CT molecular complexity index is 1120. The Labute approximate surface area is 176 Å². The van der Waals surface area contributed by atoms with Crippen molar-refractivity contribution in [2.45, 2.75) is 25.7 Å². The van der Waals surface area contributed by atoms with Crippen molar-refractivity contribution in [1.29, 1.82) is 5.41 Å². The number of nitrogens with two attached hydrogens (primary N) is 1. The average Bonchev–Trinajstić information content (AvgIpc) is 2.65. The van der Waals surface area contributed by atoms with E-state index in [1.807, 2.05) is 13.8 Å². The van der Waals surface area contributed by atoms with Crippen molar-refractivity contribution < 1.29 is 18.3 Å². The molecular weight excluding hydrogens is 404 g/mol. The number of aliphatic hydroxyl groups excluding tert-OH is 1. The van der Waals surface area contributed by atoms with Crippen LogP contribution in [-0.2, 0) is 14.8 Å². The van der Waals surface area contributed by atoms with E-state index in [1.165, 1.54) is 19.2 Å². The zero-order chi connectivity index (χ0) is 22.1. The molecule has 2 heterocycles. The van der Waals surface area contributed by atoms with E-state index < -0.39 is 10.0 Å². The Kier molecular flexibility index (Phi) is 5.98. The molecule has 160 valence electrons. The molecule has 9 heteroatoms. The Hall–Kier alpha value is -2.75. The van der Waals surface area contributed by atoms with Crippen LogP contribution in [0.1, 0.15) is 25.0 Å². The van der Waals surface area contributed by atoms with E-state index in [1.54, 1.807) is 24.3 Å². The van der Waals surface area contributed by atoms with Gasteiger partial charge in [-0.2, -0.15) is 0 Å². The highest BCUT2D eigenvalue weighted by molar-refractivity contribution is 7.89. The molecule has 1 saturated heterocycles. The summed E-state index contributed by atoms with van der Waals surface area (Å²) < 4.78 is 33.4. The van der Waals surface area contributed by atoms with E-state index in [4.69, 9.17) is 15.9 Å². The predicted molar refractivity (Wildman–Crippen MR) is 117 cm³/mol. The van der Waals surface area contributed by atoms with E-state index >= 15 is 0 Å². The fraction of sp³-hybridized carbons (Fsp3) is 0.333. The SMILES string of the molecule is CC(=N)/C=C(\O)c1cc(-c2cc(S(=O)(=O)NCC3(C)COC3)ccc2C)cnc1N. The normalized spacial score (nSPS) is 16.2. The van der Waals surface area contributed by atoms with Crippen LogP contribution >= 0.6 is 0 Å². The monoisotopic (exact) mass is 430 g/mol. The topological polar surface area (TPSA) is 138 Å². The molecule has 0 atom stereocenters. The van der Waals surface area contributed by atoms with Crippen LogP contribution in [0.2, 0.25) is 0 Å². The molecule has 0 unspecified atom stereocenters. The molecule has 1 aromatic heterocycles. The minimum atomic E-state index is -3.71. The Morgan fingerprint density at radius 1 is 1.40 bits per heavy atom. The fourth-order valence-corrected chi connectivity index (χ4v) is 4.32. The lowest BCUT2D eigenvalue weighted by atomic mass is 9.89. The van der Waals surface area contributed by atoms with Crippen LogP contribution in [0.25, 0.3) is 16.9 Å². The molecule has 5 N–H and O–H groups in total. The number of allylic oxidation sites excluding steroid dienone is 1. The van der Waals surface area contributed by atoms with Gasteiger partial charge in [0.05, 0.1) is 23.7 Å². The number of nitrogens with zero attached hydrogens (tertiary/aromatic N) is 1. The molecule has 30 heavy (non-hydrogen) atoms. The van der Waals surface area contributed by atoms with Gasteiger partial charge >= 0.3 is 0 Å². The number of nitrogen functional groups attached to an aromatic ring is 1. The Morgan fingerprint density at radius 3 is 2.70 bits per heavy atom. The van der Waals surface area contributed by atoms with Crippen LogP contribution in [0, 0.1) is 17.7 Å². The molecule has 0 radical (unpaired) electrons. The summed E-state index contributed by atoms with van der Waals surface area (Å²) in [6, 6.07) is 6.50. The highest BCUT2D eigenvalue weighted by Gasteiger charge is 2.34. The van der Waals surface area contributed by atoms with Gasteiger partial charge in [-0.25, -0.2) is 18.1 Å². The molecule has 8 nitrogen and oxygen atoms in total. The number of ether oxygens (including phenoxy) is 1. The number of rotatable bonds is 7. The van der Waals surface area contributed by atoms with Gasteiger partial charge in [0.2, 0.25) is 10.0 Å². The van der Waals surface area contributed by atoms with E-state index in [9.17, 15) is 13.5 Å². The number of benzene rings is 1. The molecule has 0 aliphatic carbocycles. The Morgan fingerprint density at radius 2 is 2.10 bits per heavy atom. The van der Waals surface area contributed by atoms with Crippen LogP contribution < -0.4 is 10.5 Å². The van der Waals surface area contributed by atoms with Gasteiger partial charge < -0.3 is 21.0 Å². The quantitative estimate of drug-likeness (QED) is 0.393. The first kappa shape index (κ1) is 21.9. The van der Waals surface area contributed by atoms with Crippen molar-refractivity contribution >= 4 is 27.3 Å². The highest BCUT2D eigenvalue weighted by Crippen LogP contribution is 2.30. The number of anilines is 1. The van der Waals surface area contributed by atoms with Gasteiger partial charge in [0.1, 0.15) is 11.6 Å². The molecule has 0 bridgehead atoms. The molecule has 2 aromatic rings. The first-order valence-corrected chi connectivity index (χ1v) is 10.9. The van der Waals surface area contributed by atoms with Crippen LogP contribution in [0.15, 0.2) is 41.4 Å². The standard InChI is InChI=1S/C21H26N4O4S/c1-13-4-5-16(30(27,28)25-10-21(3)11-29-12-21)8-17(13)15-7-18(20(23)24-9-15)19(26)6-14(2)22/h4-9,22,25-26H,10-12H2,1-3H3,(H2,23,24)/b19-6-,22-14?. The molecular formula is C21H26N4O4S. The number of aromatic nitrogens is 1. The van der Waals surface area contributed by atoms with E-state index in [0.717, 1.165) is 5.56 Å². The number of hydrogen-bond donors (Lipinski definition) is 4. The van der Waals surface area contributed by atoms with Crippen molar-refractivity contribution in [3.63, 3.8) is 0 Å². The molecule has 0 spiro atoms. The van der Waals surface area contributed by atoms with Gasteiger partial charge in [-0.05, 0) is 43.2 Å². The first-order valence-electron chi connectivity index (χ1n) is 9.41. The third-order valence-electron chi connectivity index (χ3n) is 4.97. The fourth-order valence-electron chi connectivity index (χ4n) is 3.10.